The third-order valence-electron chi connectivity index (χ3n) is 5.16. The highest BCUT2D eigenvalue weighted by Crippen LogP contribution is 2.27. The number of carbonyl (C=O) groups is 1. The number of rotatable bonds is 5. The van der Waals surface area contributed by atoms with Gasteiger partial charge in [-0.2, -0.15) is 0 Å². The summed E-state index contributed by atoms with van der Waals surface area (Å²) in [5, 5.41) is 3.22. The molecule has 0 radical (unpaired) electrons. The molecule has 2 amide bonds. The van der Waals surface area contributed by atoms with Gasteiger partial charge in [0.05, 0.1) is 11.4 Å². The Morgan fingerprint density at radius 1 is 0.828 bits per heavy atom. The highest BCUT2D eigenvalue weighted by atomic mass is 16.5. The second-order valence-electron chi connectivity index (χ2n) is 7.22. The van der Waals surface area contributed by atoms with Gasteiger partial charge in [-0.1, -0.05) is 42.5 Å². The highest BCUT2D eigenvalue weighted by Gasteiger charge is 2.26. The number of anilines is 2. The molecule has 4 rings (SSSR count). The van der Waals surface area contributed by atoms with E-state index in [0.717, 1.165) is 37.1 Å². The van der Waals surface area contributed by atoms with E-state index in [9.17, 15) is 4.79 Å². The summed E-state index contributed by atoms with van der Waals surface area (Å²) >= 11 is 0. The van der Waals surface area contributed by atoms with Gasteiger partial charge in [0.25, 0.3) is 0 Å². The molecule has 1 N–H and O–H groups in total. The Hall–Kier alpha value is -3.34. The molecule has 3 aromatic rings. The number of carbonyl (C=O) groups excluding carboxylic acids is 1. The van der Waals surface area contributed by atoms with Crippen molar-refractivity contribution in [2.45, 2.75) is 37.8 Å². The summed E-state index contributed by atoms with van der Waals surface area (Å²) < 4.78 is 5.96. The van der Waals surface area contributed by atoms with Crippen molar-refractivity contribution >= 4 is 17.4 Å². The third kappa shape index (κ3) is 4.93. The number of nitrogens with zero attached hydrogens (tertiary/aromatic N) is 2. The summed E-state index contributed by atoms with van der Waals surface area (Å²) in [5.41, 5.74) is 1.70. The number of aromatic nitrogens is 1. The number of pyridine rings is 1. The van der Waals surface area contributed by atoms with Crippen molar-refractivity contribution in [3.8, 4) is 5.88 Å². The lowest BCUT2D eigenvalue weighted by atomic mass is 9.93. The van der Waals surface area contributed by atoms with Crippen LogP contribution in [0, 0.1) is 0 Å². The van der Waals surface area contributed by atoms with Gasteiger partial charge in [-0.25, -0.2) is 9.78 Å². The Kier molecular flexibility index (Phi) is 6.05. The topological polar surface area (TPSA) is 54.5 Å². The molecule has 1 aliphatic rings. The number of benzene rings is 2. The van der Waals surface area contributed by atoms with Crippen LogP contribution in [0.25, 0.3) is 0 Å². The van der Waals surface area contributed by atoms with Crippen molar-refractivity contribution in [2.75, 3.05) is 4.90 Å². The smallest absolute Gasteiger partial charge is 0.326 e. The van der Waals surface area contributed by atoms with E-state index in [-0.39, 0.29) is 18.2 Å². The first kappa shape index (κ1) is 19.0. The zero-order valence-corrected chi connectivity index (χ0v) is 16.3. The largest absolute Gasteiger partial charge is 0.474 e. The van der Waals surface area contributed by atoms with Gasteiger partial charge in [0.2, 0.25) is 5.88 Å². The van der Waals surface area contributed by atoms with E-state index in [2.05, 4.69) is 10.3 Å². The van der Waals surface area contributed by atoms with E-state index >= 15 is 0 Å². The number of urea groups is 1. The SMILES string of the molecule is O=C(NC1CCC(Oc2ccccn2)CC1)N(c1ccccc1)c1ccccc1. The van der Waals surface area contributed by atoms with Gasteiger partial charge >= 0.3 is 6.03 Å². The summed E-state index contributed by atoms with van der Waals surface area (Å²) in [6, 6.07) is 25.2. The molecule has 29 heavy (non-hydrogen) atoms. The maximum Gasteiger partial charge on any atom is 0.326 e. The van der Waals surface area contributed by atoms with Gasteiger partial charge < -0.3 is 10.1 Å². The average Bonchev–Trinajstić information content (AvgIpc) is 2.78. The second-order valence-corrected chi connectivity index (χ2v) is 7.22. The number of amides is 2. The fraction of sp³-hybridized carbons (Fsp3) is 0.250. The number of nitrogens with one attached hydrogen (secondary N) is 1. The van der Waals surface area contributed by atoms with E-state index in [1.807, 2.05) is 78.9 Å². The molecule has 2 aromatic carbocycles. The number of para-hydroxylation sites is 2. The number of hydrogen-bond donors (Lipinski definition) is 1. The molecule has 1 fully saturated rings. The van der Waals surface area contributed by atoms with Crippen molar-refractivity contribution in [3.63, 3.8) is 0 Å². The van der Waals surface area contributed by atoms with Crippen LogP contribution in [0.1, 0.15) is 25.7 Å². The Morgan fingerprint density at radius 2 is 1.41 bits per heavy atom. The van der Waals surface area contributed by atoms with Crippen LogP contribution in [0.2, 0.25) is 0 Å². The summed E-state index contributed by atoms with van der Waals surface area (Å²) in [6.45, 7) is 0. The molecule has 1 heterocycles. The Bertz CT molecular complexity index is 856. The predicted molar refractivity (Wildman–Crippen MR) is 114 cm³/mol. The van der Waals surface area contributed by atoms with Gasteiger partial charge in [-0.3, -0.25) is 4.90 Å². The fourth-order valence-corrected chi connectivity index (χ4v) is 3.69. The Balaban J connectivity index is 1.39. The Morgan fingerprint density at radius 3 is 1.97 bits per heavy atom. The molecule has 1 aliphatic carbocycles. The predicted octanol–water partition coefficient (Wildman–Crippen LogP) is 5.32. The maximum absolute atomic E-state index is 13.2. The van der Waals surface area contributed by atoms with Crippen molar-refractivity contribution in [3.05, 3.63) is 85.1 Å². The maximum atomic E-state index is 13.2. The van der Waals surface area contributed by atoms with Crippen LogP contribution in [-0.2, 0) is 0 Å². The van der Waals surface area contributed by atoms with Gasteiger partial charge in [0.15, 0.2) is 0 Å². The molecule has 0 bridgehead atoms. The standard InChI is InChI=1S/C24H25N3O2/c28-24(27(20-9-3-1-4-10-20)21-11-5-2-6-12-21)26-19-14-16-22(17-15-19)29-23-13-7-8-18-25-23/h1-13,18-19,22H,14-17H2,(H,26,28). The second kappa shape index (κ2) is 9.24. The zero-order chi connectivity index (χ0) is 19.9. The minimum Gasteiger partial charge on any atom is -0.474 e. The highest BCUT2D eigenvalue weighted by molar-refractivity contribution is 5.99. The molecule has 0 atom stereocenters. The summed E-state index contributed by atoms with van der Waals surface area (Å²) in [7, 11) is 0. The molecular formula is C24H25N3O2. The first-order chi connectivity index (χ1) is 14.3. The van der Waals surface area contributed by atoms with Crippen LogP contribution >= 0.6 is 0 Å². The molecular weight excluding hydrogens is 362 g/mol. The third-order valence-corrected chi connectivity index (χ3v) is 5.16. The number of ether oxygens (including phenoxy) is 1. The summed E-state index contributed by atoms with van der Waals surface area (Å²) in [5.74, 6) is 0.666. The lowest BCUT2D eigenvalue weighted by Crippen LogP contribution is -2.45. The molecule has 0 spiro atoms. The van der Waals surface area contributed by atoms with Gasteiger partial charge in [-0.15, -0.1) is 0 Å². The monoisotopic (exact) mass is 387 g/mol. The number of hydrogen-bond acceptors (Lipinski definition) is 3. The van der Waals surface area contributed by atoms with Crippen molar-refractivity contribution < 1.29 is 9.53 Å². The first-order valence-corrected chi connectivity index (χ1v) is 10.1. The lowest BCUT2D eigenvalue weighted by Gasteiger charge is -2.31. The average molecular weight is 387 g/mol. The minimum absolute atomic E-state index is 0.100. The van der Waals surface area contributed by atoms with E-state index in [1.54, 1.807) is 11.1 Å². The molecule has 1 aromatic heterocycles. The molecule has 148 valence electrons. The molecule has 5 heteroatoms. The van der Waals surface area contributed by atoms with E-state index in [0.29, 0.717) is 5.88 Å². The van der Waals surface area contributed by atoms with E-state index < -0.39 is 0 Å². The van der Waals surface area contributed by atoms with E-state index in [1.165, 1.54) is 0 Å². The van der Waals surface area contributed by atoms with Crippen molar-refractivity contribution in [1.29, 1.82) is 0 Å². The van der Waals surface area contributed by atoms with E-state index in [4.69, 9.17) is 4.74 Å². The quantitative estimate of drug-likeness (QED) is 0.645. The van der Waals surface area contributed by atoms with Gasteiger partial charge in [0, 0.05) is 18.3 Å². The molecule has 1 saturated carbocycles. The Labute approximate surface area is 171 Å². The van der Waals surface area contributed by atoms with Crippen LogP contribution in [0.5, 0.6) is 5.88 Å². The van der Waals surface area contributed by atoms with Gasteiger partial charge in [-0.05, 0) is 56.0 Å². The van der Waals surface area contributed by atoms with Crippen molar-refractivity contribution in [1.82, 2.24) is 10.3 Å². The minimum atomic E-state index is -0.100. The normalized spacial score (nSPS) is 18.6. The molecule has 5 nitrogen and oxygen atoms in total. The summed E-state index contributed by atoms with van der Waals surface area (Å²) in [6.07, 6.45) is 5.47. The first-order valence-electron chi connectivity index (χ1n) is 10.1. The van der Waals surface area contributed by atoms with Crippen LogP contribution in [0.4, 0.5) is 16.2 Å². The van der Waals surface area contributed by atoms with Crippen LogP contribution < -0.4 is 15.0 Å². The van der Waals surface area contributed by atoms with Gasteiger partial charge in [0.1, 0.15) is 6.10 Å². The lowest BCUT2D eigenvalue weighted by molar-refractivity contribution is 0.135. The molecule has 0 aliphatic heterocycles. The van der Waals surface area contributed by atoms with Crippen LogP contribution in [0.15, 0.2) is 85.1 Å². The zero-order valence-electron chi connectivity index (χ0n) is 16.3. The summed E-state index contributed by atoms with van der Waals surface area (Å²) in [4.78, 5) is 19.1. The van der Waals surface area contributed by atoms with Crippen LogP contribution in [0.3, 0.4) is 0 Å². The van der Waals surface area contributed by atoms with Crippen LogP contribution in [-0.4, -0.2) is 23.2 Å². The fourth-order valence-electron chi connectivity index (χ4n) is 3.69. The van der Waals surface area contributed by atoms with Crippen molar-refractivity contribution in [2.24, 2.45) is 0 Å². The molecule has 0 unspecified atom stereocenters. The molecule has 0 saturated heterocycles.